The highest BCUT2D eigenvalue weighted by Gasteiger charge is 2.11. The van der Waals surface area contributed by atoms with Gasteiger partial charge in [-0.05, 0) is 29.8 Å². The van der Waals surface area contributed by atoms with E-state index in [2.05, 4.69) is 4.99 Å². The van der Waals surface area contributed by atoms with Crippen LogP contribution in [0.2, 0.25) is 5.02 Å². The third kappa shape index (κ3) is 3.64. The van der Waals surface area contributed by atoms with Crippen molar-refractivity contribution in [2.45, 2.75) is 0 Å². The number of nitrogens with two attached hydrogens (primary N) is 1. The number of carbonyl (C=O) groups excluding carboxylic acids is 1. The van der Waals surface area contributed by atoms with Gasteiger partial charge in [-0.3, -0.25) is 19.9 Å². The van der Waals surface area contributed by atoms with Crippen molar-refractivity contribution in [2.24, 2.45) is 10.7 Å². The summed E-state index contributed by atoms with van der Waals surface area (Å²) < 4.78 is 0. The largest absolute Gasteiger partial charge is 0.366 e. The third-order valence-electron chi connectivity index (χ3n) is 2.66. The van der Waals surface area contributed by atoms with E-state index in [0.29, 0.717) is 16.8 Å². The number of hydrogen-bond donors (Lipinski definition) is 1. The van der Waals surface area contributed by atoms with Crippen LogP contribution in [0.15, 0.2) is 47.5 Å². The second kappa shape index (κ2) is 6.15. The first-order chi connectivity index (χ1) is 9.97. The molecule has 0 fully saturated rings. The standard InChI is InChI=1S/C14H10ClN3O3/c15-12-5-4-9(6-13(12)18(20)21)8-17-11-3-1-2-10(7-11)14(16)19/h1-8H,(H2,16,19). The summed E-state index contributed by atoms with van der Waals surface area (Å²) in [4.78, 5) is 25.4. The Morgan fingerprint density at radius 1 is 1.29 bits per heavy atom. The first-order valence-electron chi connectivity index (χ1n) is 5.85. The van der Waals surface area contributed by atoms with E-state index in [1.54, 1.807) is 24.3 Å². The second-order valence-electron chi connectivity index (χ2n) is 4.14. The molecule has 7 heteroatoms. The summed E-state index contributed by atoms with van der Waals surface area (Å²) in [5.41, 5.74) is 6.37. The van der Waals surface area contributed by atoms with E-state index in [-0.39, 0.29) is 10.7 Å². The number of hydrogen-bond acceptors (Lipinski definition) is 4. The van der Waals surface area contributed by atoms with Gasteiger partial charge in [-0.15, -0.1) is 0 Å². The lowest BCUT2D eigenvalue weighted by Crippen LogP contribution is -2.10. The number of halogens is 1. The number of rotatable bonds is 4. The fourth-order valence-electron chi connectivity index (χ4n) is 1.64. The van der Waals surface area contributed by atoms with Crippen molar-refractivity contribution < 1.29 is 9.72 Å². The highest BCUT2D eigenvalue weighted by Crippen LogP contribution is 2.24. The molecule has 106 valence electrons. The van der Waals surface area contributed by atoms with Crippen molar-refractivity contribution in [3.8, 4) is 0 Å². The quantitative estimate of drug-likeness (QED) is 0.533. The number of benzene rings is 2. The number of amides is 1. The molecule has 0 aliphatic rings. The van der Waals surface area contributed by atoms with Crippen molar-refractivity contribution in [2.75, 3.05) is 0 Å². The van der Waals surface area contributed by atoms with Crippen molar-refractivity contribution in [1.82, 2.24) is 0 Å². The van der Waals surface area contributed by atoms with E-state index in [1.807, 2.05) is 0 Å². The van der Waals surface area contributed by atoms with Crippen molar-refractivity contribution in [1.29, 1.82) is 0 Å². The maximum Gasteiger partial charge on any atom is 0.288 e. The molecule has 0 aromatic heterocycles. The van der Waals surface area contributed by atoms with E-state index in [4.69, 9.17) is 17.3 Å². The molecule has 0 heterocycles. The van der Waals surface area contributed by atoms with Gasteiger partial charge in [0.2, 0.25) is 5.91 Å². The second-order valence-corrected chi connectivity index (χ2v) is 4.55. The molecule has 0 aliphatic carbocycles. The normalized spacial score (nSPS) is 10.7. The Morgan fingerprint density at radius 3 is 2.71 bits per heavy atom. The molecule has 6 nitrogen and oxygen atoms in total. The summed E-state index contributed by atoms with van der Waals surface area (Å²) in [6, 6.07) is 10.8. The lowest BCUT2D eigenvalue weighted by atomic mass is 10.2. The number of carbonyl (C=O) groups is 1. The fourth-order valence-corrected chi connectivity index (χ4v) is 1.83. The fraction of sp³-hybridized carbons (Fsp3) is 0. The van der Waals surface area contributed by atoms with Crippen LogP contribution in [-0.4, -0.2) is 17.0 Å². The van der Waals surface area contributed by atoms with Gasteiger partial charge in [0.05, 0.1) is 10.6 Å². The molecule has 2 rings (SSSR count). The zero-order chi connectivity index (χ0) is 15.4. The van der Waals surface area contributed by atoms with Crippen LogP contribution in [0, 0.1) is 10.1 Å². The summed E-state index contributed by atoms with van der Waals surface area (Å²) in [6.07, 6.45) is 1.45. The van der Waals surface area contributed by atoms with Gasteiger partial charge in [0.15, 0.2) is 0 Å². The van der Waals surface area contributed by atoms with E-state index >= 15 is 0 Å². The van der Waals surface area contributed by atoms with Crippen LogP contribution in [-0.2, 0) is 0 Å². The highest BCUT2D eigenvalue weighted by atomic mass is 35.5. The SMILES string of the molecule is NC(=O)c1cccc(N=Cc2ccc(Cl)c([N+](=O)[O-])c2)c1. The zero-order valence-corrected chi connectivity index (χ0v) is 11.4. The van der Waals surface area contributed by atoms with Gasteiger partial charge in [0, 0.05) is 17.8 Å². The topological polar surface area (TPSA) is 98.6 Å². The predicted molar refractivity (Wildman–Crippen MR) is 80.3 cm³/mol. The van der Waals surface area contributed by atoms with Crippen LogP contribution in [0.1, 0.15) is 15.9 Å². The van der Waals surface area contributed by atoms with Crippen LogP contribution >= 0.6 is 11.6 Å². The zero-order valence-electron chi connectivity index (χ0n) is 10.7. The number of nitro benzene ring substituents is 1. The van der Waals surface area contributed by atoms with Crippen molar-refractivity contribution in [3.05, 3.63) is 68.7 Å². The molecule has 0 unspecified atom stereocenters. The molecular formula is C14H10ClN3O3. The van der Waals surface area contributed by atoms with Crippen LogP contribution < -0.4 is 5.73 Å². The monoisotopic (exact) mass is 303 g/mol. The van der Waals surface area contributed by atoms with E-state index < -0.39 is 10.8 Å². The van der Waals surface area contributed by atoms with E-state index in [0.717, 1.165) is 0 Å². The predicted octanol–water partition coefficient (Wildman–Crippen LogP) is 3.10. The Kier molecular flexibility index (Phi) is 4.30. The Morgan fingerprint density at radius 2 is 2.05 bits per heavy atom. The van der Waals surface area contributed by atoms with Gasteiger partial charge in [-0.25, -0.2) is 0 Å². The molecule has 0 atom stereocenters. The minimum Gasteiger partial charge on any atom is -0.366 e. The molecule has 0 saturated heterocycles. The maximum absolute atomic E-state index is 11.1. The van der Waals surface area contributed by atoms with Gasteiger partial charge in [0.1, 0.15) is 5.02 Å². The summed E-state index contributed by atoms with van der Waals surface area (Å²) in [7, 11) is 0. The molecule has 0 bridgehead atoms. The molecule has 0 aliphatic heterocycles. The Bertz CT molecular complexity index is 744. The van der Waals surface area contributed by atoms with E-state index in [9.17, 15) is 14.9 Å². The highest BCUT2D eigenvalue weighted by molar-refractivity contribution is 6.32. The average Bonchev–Trinajstić information content (AvgIpc) is 2.46. The molecule has 21 heavy (non-hydrogen) atoms. The number of aliphatic imine (C=N–C) groups is 1. The van der Waals surface area contributed by atoms with Crippen LogP contribution in [0.4, 0.5) is 11.4 Å². The molecule has 1 amide bonds. The number of nitro groups is 1. The lowest BCUT2D eigenvalue weighted by molar-refractivity contribution is -0.384. The number of nitrogens with zero attached hydrogens (tertiary/aromatic N) is 2. The molecule has 2 aromatic rings. The molecule has 0 spiro atoms. The van der Waals surface area contributed by atoms with E-state index in [1.165, 1.54) is 24.4 Å². The molecule has 2 N–H and O–H groups in total. The Balaban J connectivity index is 2.29. The van der Waals surface area contributed by atoms with Crippen molar-refractivity contribution >= 4 is 35.1 Å². The van der Waals surface area contributed by atoms with Gasteiger partial charge in [0.25, 0.3) is 5.69 Å². The maximum atomic E-state index is 11.1. The third-order valence-corrected chi connectivity index (χ3v) is 2.98. The van der Waals surface area contributed by atoms with Gasteiger partial charge >= 0.3 is 0 Å². The van der Waals surface area contributed by atoms with Crippen LogP contribution in [0.3, 0.4) is 0 Å². The summed E-state index contributed by atoms with van der Waals surface area (Å²) >= 11 is 5.73. The van der Waals surface area contributed by atoms with Crippen LogP contribution in [0.5, 0.6) is 0 Å². The Labute approximate surface area is 125 Å². The Hall–Kier alpha value is -2.73. The minimum absolute atomic E-state index is 0.0628. The summed E-state index contributed by atoms with van der Waals surface area (Å²) in [6.45, 7) is 0. The van der Waals surface area contributed by atoms with Gasteiger partial charge in [-0.2, -0.15) is 0 Å². The molecular weight excluding hydrogens is 294 g/mol. The minimum atomic E-state index is -0.562. The molecule has 0 saturated carbocycles. The lowest BCUT2D eigenvalue weighted by Gasteiger charge is -1.99. The van der Waals surface area contributed by atoms with Gasteiger partial charge < -0.3 is 5.73 Å². The van der Waals surface area contributed by atoms with Gasteiger partial charge in [-0.1, -0.05) is 23.7 Å². The number of primary amides is 1. The summed E-state index contributed by atoms with van der Waals surface area (Å²) in [5.74, 6) is -0.547. The van der Waals surface area contributed by atoms with Crippen LogP contribution in [0.25, 0.3) is 0 Å². The first-order valence-corrected chi connectivity index (χ1v) is 6.23. The average molecular weight is 304 g/mol. The molecule has 0 radical (unpaired) electrons. The smallest absolute Gasteiger partial charge is 0.288 e. The molecule has 2 aromatic carbocycles. The first kappa shape index (κ1) is 14.7. The summed E-state index contributed by atoms with van der Waals surface area (Å²) in [5, 5.41) is 10.9. The van der Waals surface area contributed by atoms with Crippen molar-refractivity contribution in [3.63, 3.8) is 0 Å².